The topological polar surface area (TPSA) is 122 Å². The fraction of sp³-hybridized carbons (Fsp3) is 0.129. The summed E-state index contributed by atoms with van der Waals surface area (Å²) < 4.78 is 63.2. The third kappa shape index (κ3) is 5.45. The lowest BCUT2D eigenvalue weighted by atomic mass is 9.88. The monoisotopic (exact) mass is 558 g/mol. The van der Waals surface area contributed by atoms with Crippen LogP contribution in [0.1, 0.15) is 46.8 Å². The first-order valence-electron chi connectivity index (χ1n) is 12.3. The van der Waals surface area contributed by atoms with Crippen LogP contribution in [-0.2, 0) is 9.63 Å². The highest BCUT2D eigenvalue weighted by Gasteiger charge is 2.33. The van der Waals surface area contributed by atoms with Gasteiger partial charge in [0, 0.05) is 22.3 Å². The molecule has 0 saturated carbocycles. The average molecular weight is 559 g/mol. The van der Waals surface area contributed by atoms with Gasteiger partial charge in [0.05, 0.1) is 21.8 Å². The normalized spacial score (nSPS) is 12.1. The summed E-state index contributed by atoms with van der Waals surface area (Å²) in [6, 6.07) is 21.2. The van der Waals surface area contributed by atoms with Crippen LogP contribution in [0.2, 0.25) is 0 Å². The zero-order valence-electron chi connectivity index (χ0n) is 21.4. The molecule has 202 valence electrons. The molecule has 0 spiro atoms. The molecule has 0 aromatic heterocycles. The average Bonchev–Trinajstić information content (AvgIpc) is 2.95. The fourth-order valence-corrected chi connectivity index (χ4v) is 6.21. The molecular formula is C31H24F2N2O4S. The molecule has 4 aromatic rings. The van der Waals surface area contributed by atoms with Crippen LogP contribution >= 0.6 is 0 Å². The number of carbonyl (C=O) groups is 1. The number of rotatable bonds is 8. The van der Waals surface area contributed by atoms with E-state index in [1.807, 2.05) is 12.1 Å². The molecule has 0 heterocycles. The van der Waals surface area contributed by atoms with E-state index in [9.17, 15) is 37.4 Å². The van der Waals surface area contributed by atoms with Gasteiger partial charge in [-0.15, -0.1) is 0 Å². The molecular weight excluding hydrogens is 534 g/mol. The van der Waals surface area contributed by atoms with Gasteiger partial charge in [0.2, 0.25) is 0 Å². The van der Waals surface area contributed by atoms with E-state index in [2.05, 4.69) is 0 Å². The van der Waals surface area contributed by atoms with E-state index in [-0.39, 0.29) is 50.3 Å². The summed E-state index contributed by atoms with van der Waals surface area (Å²) in [6.07, 6.45) is 0.832. The molecule has 0 bridgehead atoms. The van der Waals surface area contributed by atoms with Gasteiger partial charge in [-0.2, -0.15) is 10.5 Å². The number of hydrogen-bond donors (Lipinski definition) is 2. The lowest BCUT2D eigenvalue weighted by Gasteiger charge is -2.31. The quantitative estimate of drug-likeness (QED) is 0.221. The summed E-state index contributed by atoms with van der Waals surface area (Å²) in [6.45, 7) is 1.80. The van der Waals surface area contributed by atoms with Crippen molar-refractivity contribution < 1.29 is 26.9 Å². The van der Waals surface area contributed by atoms with Crippen LogP contribution in [0.4, 0.5) is 8.78 Å². The standard InChI is InChI=1S/C31H24F2N2O4S/c1-2-3-15-40(37,38,39)22-8-4-7-21(16-22)31(36)26-17-20(23-9-5-11-29(32)27(23)18-34)13-14-25(26)24-10-6-12-30(33)28(24)19-35/h4-14,16-17H,2-3,15H2,1H3,(H2,37,38,39). The minimum Gasteiger partial charge on any atom is -0.304 e. The third-order valence-electron chi connectivity index (χ3n) is 6.55. The maximum absolute atomic E-state index is 14.5. The van der Waals surface area contributed by atoms with Gasteiger partial charge in [-0.3, -0.25) is 4.79 Å². The van der Waals surface area contributed by atoms with Gasteiger partial charge >= 0.3 is 0 Å². The van der Waals surface area contributed by atoms with E-state index in [1.54, 1.807) is 6.92 Å². The minimum atomic E-state index is -5.23. The molecule has 0 unspecified atom stereocenters. The van der Waals surface area contributed by atoms with E-state index in [4.69, 9.17) is 0 Å². The highest BCUT2D eigenvalue weighted by molar-refractivity contribution is 8.10. The van der Waals surface area contributed by atoms with Gasteiger partial charge in [-0.05, 0) is 47.9 Å². The first-order chi connectivity index (χ1) is 19.0. The van der Waals surface area contributed by atoms with Crippen LogP contribution < -0.4 is 0 Å². The van der Waals surface area contributed by atoms with Gasteiger partial charge in [-0.1, -0.05) is 61.9 Å². The summed E-state index contributed by atoms with van der Waals surface area (Å²) in [4.78, 5) is 13.6. The summed E-state index contributed by atoms with van der Waals surface area (Å²) in [5, 5.41) is 19.2. The Kier molecular flexibility index (Phi) is 7.77. The predicted molar refractivity (Wildman–Crippen MR) is 148 cm³/mol. The highest BCUT2D eigenvalue weighted by Crippen LogP contribution is 2.36. The predicted octanol–water partition coefficient (Wildman–Crippen LogP) is 7.20. The Balaban J connectivity index is 1.96. The Bertz CT molecular complexity index is 1800. The smallest absolute Gasteiger partial charge is 0.193 e. The van der Waals surface area contributed by atoms with Crippen LogP contribution in [0.15, 0.2) is 83.8 Å². The van der Waals surface area contributed by atoms with E-state index in [0.29, 0.717) is 12.0 Å². The van der Waals surface area contributed by atoms with Gasteiger partial charge < -0.3 is 9.11 Å². The Morgan fingerprint density at radius 2 is 1.43 bits per heavy atom. The van der Waals surface area contributed by atoms with Crippen LogP contribution in [0.25, 0.3) is 22.3 Å². The largest absolute Gasteiger partial charge is 0.304 e. The molecule has 2 N–H and O–H groups in total. The molecule has 4 aromatic carbocycles. The second kappa shape index (κ2) is 10.9. The number of nitrogens with zero attached hydrogens (tertiary/aromatic N) is 2. The maximum Gasteiger partial charge on any atom is 0.193 e. The summed E-state index contributed by atoms with van der Waals surface area (Å²) >= 11 is 0. The summed E-state index contributed by atoms with van der Waals surface area (Å²) in [5.41, 5.74) is 0.216. The molecule has 0 aliphatic carbocycles. The van der Waals surface area contributed by atoms with Gasteiger partial charge in [0.25, 0.3) is 0 Å². The first-order valence-corrected chi connectivity index (χ1v) is 14.4. The molecule has 0 radical (unpaired) electrons. The lowest BCUT2D eigenvalue weighted by Crippen LogP contribution is -2.35. The highest BCUT2D eigenvalue weighted by atomic mass is 32.3. The molecule has 0 atom stereocenters. The van der Waals surface area contributed by atoms with Gasteiger partial charge in [-0.25, -0.2) is 13.0 Å². The van der Waals surface area contributed by atoms with E-state index < -0.39 is 32.8 Å². The van der Waals surface area contributed by atoms with Gasteiger partial charge in [0.15, 0.2) is 5.78 Å². The SMILES string of the molecule is CCCCS(=O)(O)(O)c1cccc(C(=O)c2cc(-c3cccc(F)c3C#N)ccc2-c2cccc(F)c2C#N)c1. The van der Waals surface area contributed by atoms with Gasteiger partial charge in [0.1, 0.15) is 33.4 Å². The molecule has 0 aliphatic rings. The van der Waals surface area contributed by atoms with Crippen molar-refractivity contribution in [2.75, 3.05) is 5.75 Å². The van der Waals surface area contributed by atoms with Crippen molar-refractivity contribution in [3.05, 3.63) is 113 Å². The second-order valence-electron chi connectivity index (χ2n) is 9.24. The van der Waals surface area contributed by atoms with Crippen molar-refractivity contribution in [3.63, 3.8) is 0 Å². The number of ketones is 1. The minimum absolute atomic E-state index is 0.0297. The number of benzene rings is 4. The Morgan fingerprint density at radius 1 is 0.825 bits per heavy atom. The summed E-state index contributed by atoms with van der Waals surface area (Å²) in [7, 11) is -5.23. The Hall–Kier alpha value is -4.54. The molecule has 0 saturated heterocycles. The molecule has 0 fully saturated rings. The van der Waals surface area contributed by atoms with Crippen LogP contribution in [0, 0.1) is 34.3 Å². The molecule has 6 nitrogen and oxygen atoms in total. The molecule has 9 heteroatoms. The third-order valence-corrected chi connectivity index (χ3v) is 8.78. The van der Waals surface area contributed by atoms with Crippen molar-refractivity contribution in [1.82, 2.24) is 0 Å². The fourth-order valence-electron chi connectivity index (χ4n) is 4.45. The summed E-state index contributed by atoms with van der Waals surface area (Å²) in [5.74, 6) is -2.61. The molecule has 4 rings (SSSR count). The van der Waals surface area contributed by atoms with E-state index in [1.165, 1.54) is 60.7 Å². The second-order valence-corrected chi connectivity index (χ2v) is 12.2. The van der Waals surface area contributed by atoms with E-state index in [0.717, 1.165) is 18.2 Å². The number of carbonyl (C=O) groups excluding carboxylic acids is 1. The lowest BCUT2D eigenvalue weighted by molar-refractivity contribution is 0.103. The first kappa shape index (κ1) is 28.5. The number of unbranched alkanes of at least 4 members (excludes halogenated alkanes) is 1. The molecule has 40 heavy (non-hydrogen) atoms. The number of hydrogen-bond acceptors (Lipinski definition) is 4. The zero-order chi connectivity index (χ0) is 29.1. The molecule has 0 amide bonds. The van der Waals surface area contributed by atoms with Crippen molar-refractivity contribution in [2.24, 2.45) is 0 Å². The maximum atomic E-state index is 14.5. The number of nitriles is 2. The zero-order valence-corrected chi connectivity index (χ0v) is 22.2. The molecule has 0 aliphatic heterocycles. The van der Waals surface area contributed by atoms with Crippen LogP contribution in [0.3, 0.4) is 0 Å². The van der Waals surface area contributed by atoms with Crippen molar-refractivity contribution >= 4 is 15.4 Å². The van der Waals surface area contributed by atoms with Crippen molar-refractivity contribution in [2.45, 2.75) is 24.7 Å². The van der Waals surface area contributed by atoms with Crippen molar-refractivity contribution in [3.8, 4) is 34.4 Å². The van der Waals surface area contributed by atoms with E-state index >= 15 is 0 Å². The number of halogens is 2. The Labute approximate surface area is 230 Å². The van der Waals surface area contributed by atoms with Crippen LogP contribution in [0.5, 0.6) is 0 Å². The Morgan fingerprint density at radius 3 is 2.05 bits per heavy atom. The van der Waals surface area contributed by atoms with Crippen molar-refractivity contribution in [1.29, 1.82) is 10.5 Å². The van der Waals surface area contributed by atoms with Crippen LogP contribution in [-0.4, -0.2) is 24.9 Å².